The van der Waals surface area contributed by atoms with Gasteiger partial charge in [0, 0.05) is 28.5 Å². The van der Waals surface area contributed by atoms with Gasteiger partial charge in [0.1, 0.15) is 0 Å². The first-order valence-electron chi connectivity index (χ1n) is 6.42. The number of carbonyl (C=O) groups excluding carboxylic acids is 2. The number of benzene rings is 2. The Labute approximate surface area is 120 Å². The molecule has 0 aliphatic carbocycles. The van der Waals surface area contributed by atoms with Crippen molar-refractivity contribution in [2.75, 3.05) is 5.32 Å². The summed E-state index contributed by atoms with van der Waals surface area (Å²) >= 11 is 0. The van der Waals surface area contributed by atoms with E-state index in [1.54, 1.807) is 36.4 Å². The summed E-state index contributed by atoms with van der Waals surface area (Å²) in [5.41, 5.74) is 7.65. The fourth-order valence-corrected chi connectivity index (χ4v) is 2.11. The summed E-state index contributed by atoms with van der Waals surface area (Å²) in [5, 5.41) is 3.83. The van der Waals surface area contributed by atoms with Gasteiger partial charge < -0.3 is 16.0 Å². The van der Waals surface area contributed by atoms with Crippen LogP contribution in [0.4, 0.5) is 5.69 Å². The molecular formula is C16H13N3O2. The monoisotopic (exact) mass is 279 g/mol. The molecule has 5 heteroatoms. The highest BCUT2D eigenvalue weighted by molar-refractivity contribution is 6.06. The quantitative estimate of drug-likeness (QED) is 0.687. The minimum atomic E-state index is -0.495. The van der Waals surface area contributed by atoms with Crippen molar-refractivity contribution < 1.29 is 9.59 Å². The van der Waals surface area contributed by atoms with E-state index in [9.17, 15) is 9.59 Å². The molecule has 0 fully saturated rings. The van der Waals surface area contributed by atoms with Crippen molar-refractivity contribution in [1.29, 1.82) is 0 Å². The van der Waals surface area contributed by atoms with Crippen molar-refractivity contribution in [3.05, 3.63) is 65.9 Å². The number of nitrogens with one attached hydrogen (secondary N) is 2. The zero-order valence-electron chi connectivity index (χ0n) is 11.1. The fourth-order valence-electron chi connectivity index (χ4n) is 2.11. The number of fused-ring (bicyclic) bond motifs is 1. The fraction of sp³-hybridized carbons (Fsp3) is 0. The molecule has 5 nitrogen and oxygen atoms in total. The molecule has 4 N–H and O–H groups in total. The molecule has 0 saturated carbocycles. The van der Waals surface area contributed by atoms with Crippen LogP contribution in [-0.2, 0) is 0 Å². The number of H-pyrrole nitrogens is 1. The number of aromatic amines is 1. The number of amides is 2. The molecule has 0 saturated heterocycles. The van der Waals surface area contributed by atoms with E-state index in [1.807, 2.05) is 18.3 Å². The first-order valence-corrected chi connectivity index (χ1v) is 6.42. The molecule has 0 aliphatic heterocycles. The van der Waals surface area contributed by atoms with E-state index in [0.29, 0.717) is 16.8 Å². The lowest BCUT2D eigenvalue weighted by Gasteiger charge is -2.06. The van der Waals surface area contributed by atoms with Crippen LogP contribution in [0.1, 0.15) is 20.7 Å². The third-order valence-corrected chi connectivity index (χ3v) is 3.24. The highest BCUT2D eigenvalue weighted by atomic mass is 16.2. The number of aromatic nitrogens is 1. The average molecular weight is 279 g/mol. The molecule has 2 aromatic carbocycles. The molecule has 21 heavy (non-hydrogen) atoms. The third kappa shape index (κ3) is 2.62. The van der Waals surface area contributed by atoms with Crippen LogP contribution >= 0.6 is 0 Å². The Balaban J connectivity index is 1.80. The first kappa shape index (κ1) is 12.9. The smallest absolute Gasteiger partial charge is 0.255 e. The van der Waals surface area contributed by atoms with Crippen LogP contribution in [0.5, 0.6) is 0 Å². The van der Waals surface area contributed by atoms with Crippen molar-refractivity contribution in [3.8, 4) is 0 Å². The Hall–Kier alpha value is -3.08. The number of anilines is 1. The van der Waals surface area contributed by atoms with E-state index in [0.717, 1.165) is 10.9 Å². The molecule has 3 aromatic rings. The number of carbonyl (C=O) groups is 2. The zero-order valence-corrected chi connectivity index (χ0v) is 11.1. The molecule has 1 heterocycles. The minimum Gasteiger partial charge on any atom is -0.366 e. The van der Waals surface area contributed by atoms with Crippen LogP contribution in [0, 0.1) is 0 Å². The third-order valence-electron chi connectivity index (χ3n) is 3.24. The van der Waals surface area contributed by atoms with Gasteiger partial charge >= 0.3 is 0 Å². The standard InChI is InChI=1S/C16H13N3O2/c17-15(20)11-3-5-13(6-4-11)19-16(21)12-2-1-10-7-8-18-14(10)9-12/h1-9,18H,(H2,17,20)(H,19,21). The number of hydrogen-bond acceptors (Lipinski definition) is 2. The summed E-state index contributed by atoms with van der Waals surface area (Å²) in [6.45, 7) is 0. The van der Waals surface area contributed by atoms with Crippen LogP contribution in [0.3, 0.4) is 0 Å². The van der Waals surface area contributed by atoms with Crippen LogP contribution in [0.2, 0.25) is 0 Å². The van der Waals surface area contributed by atoms with Crippen molar-refractivity contribution in [1.82, 2.24) is 4.98 Å². The second kappa shape index (κ2) is 5.13. The number of primary amides is 1. The van der Waals surface area contributed by atoms with Gasteiger partial charge in [0.2, 0.25) is 5.91 Å². The summed E-state index contributed by atoms with van der Waals surface area (Å²) in [6.07, 6.45) is 1.83. The van der Waals surface area contributed by atoms with Gasteiger partial charge in [-0.3, -0.25) is 9.59 Å². The molecule has 3 rings (SSSR count). The molecule has 1 aromatic heterocycles. The maximum absolute atomic E-state index is 12.2. The summed E-state index contributed by atoms with van der Waals surface area (Å²) in [7, 11) is 0. The van der Waals surface area contributed by atoms with Gasteiger partial charge in [-0.2, -0.15) is 0 Å². The van der Waals surface area contributed by atoms with E-state index in [1.165, 1.54) is 0 Å². The second-order valence-electron chi connectivity index (χ2n) is 4.68. The SMILES string of the molecule is NC(=O)c1ccc(NC(=O)c2ccc3cc[nH]c3c2)cc1. The van der Waals surface area contributed by atoms with Gasteiger partial charge in [-0.1, -0.05) is 6.07 Å². The maximum Gasteiger partial charge on any atom is 0.255 e. The van der Waals surface area contributed by atoms with E-state index in [4.69, 9.17) is 5.73 Å². The lowest BCUT2D eigenvalue weighted by molar-refractivity contribution is 0.0998. The molecule has 0 unspecified atom stereocenters. The van der Waals surface area contributed by atoms with E-state index in [-0.39, 0.29) is 5.91 Å². The Kier molecular flexibility index (Phi) is 3.16. The van der Waals surface area contributed by atoms with Crippen molar-refractivity contribution in [2.24, 2.45) is 5.73 Å². The normalized spacial score (nSPS) is 10.5. The minimum absolute atomic E-state index is 0.210. The van der Waals surface area contributed by atoms with E-state index < -0.39 is 5.91 Å². The summed E-state index contributed by atoms with van der Waals surface area (Å²) in [6, 6.07) is 13.8. The predicted octanol–water partition coefficient (Wildman–Crippen LogP) is 2.52. The molecule has 2 amide bonds. The summed E-state index contributed by atoms with van der Waals surface area (Å²) < 4.78 is 0. The Morgan fingerprint density at radius 2 is 1.67 bits per heavy atom. The van der Waals surface area contributed by atoms with Gasteiger partial charge in [-0.25, -0.2) is 0 Å². The van der Waals surface area contributed by atoms with Crippen LogP contribution in [0.15, 0.2) is 54.7 Å². The Morgan fingerprint density at radius 3 is 2.38 bits per heavy atom. The Morgan fingerprint density at radius 1 is 0.952 bits per heavy atom. The van der Waals surface area contributed by atoms with E-state index >= 15 is 0 Å². The van der Waals surface area contributed by atoms with Crippen LogP contribution in [-0.4, -0.2) is 16.8 Å². The van der Waals surface area contributed by atoms with Gasteiger partial charge in [-0.05, 0) is 47.9 Å². The molecule has 0 aliphatic rings. The molecule has 0 spiro atoms. The lowest BCUT2D eigenvalue weighted by Crippen LogP contribution is -2.13. The molecule has 0 bridgehead atoms. The second-order valence-corrected chi connectivity index (χ2v) is 4.68. The van der Waals surface area contributed by atoms with Gasteiger partial charge in [0.25, 0.3) is 5.91 Å². The Bertz CT molecular complexity index is 819. The number of hydrogen-bond donors (Lipinski definition) is 3. The first-order chi connectivity index (χ1) is 10.1. The topological polar surface area (TPSA) is 88.0 Å². The maximum atomic E-state index is 12.2. The largest absolute Gasteiger partial charge is 0.366 e. The van der Waals surface area contributed by atoms with Crippen molar-refractivity contribution >= 4 is 28.4 Å². The number of nitrogens with two attached hydrogens (primary N) is 1. The summed E-state index contributed by atoms with van der Waals surface area (Å²) in [4.78, 5) is 26.2. The van der Waals surface area contributed by atoms with Crippen LogP contribution in [0.25, 0.3) is 10.9 Å². The van der Waals surface area contributed by atoms with Gasteiger partial charge in [-0.15, -0.1) is 0 Å². The molecule has 0 atom stereocenters. The van der Waals surface area contributed by atoms with E-state index in [2.05, 4.69) is 10.3 Å². The highest BCUT2D eigenvalue weighted by Gasteiger charge is 2.08. The highest BCUT2D eigenvalue weighted by Crippen LogP contribution is 2.16. The molecular weight excluding hydrogens is 266 g/mol. The number of rotatable bonds is 3. The van der Waals surface area contributed by atoms with Gasteiger partial charge in [0.05, 0.1) is 0 Å². The van der Waals surface area contributed by atoms with Crippen LogP contribution < -0.4 is 11.1 Å². The lowest BCUT2D eigenvalue weighted by atomic mass is 10.1. The zero-order chi connectivity index (χ0) is 14.8. The van der Waals surface area contributed by atoms with Gasteiger partial charge in [0.15, 0.2) is 0 Å². The molecule has 0 radical (unpaired) electrons. The van der Waals surface area contributed by atoms with Crippen molar-refractivity contribution in [2.45, 2.75) is 0 Å². The molecule has 104 valence electrons. The predicted molar refractivity (Wildman–Crippen MR) is 81.2 cm³/mol. The van der Waals surface area contributed by atoms with Crippen molar-refractivity contribution in [3.63, 3.8) is 0 Å². The average Bonchev–Trinajstić information content (AvgIpc) is 2.95. The summed E-state index contributed by atoms with van der Waals surface area (Å²) in [5.74, 6) is -0.705.